The van der Waals surface area contributed by atoms with Crippen molar-refractivity contribution in [2.45, 2.75) is 13.8 Å². The smallest absolute Gasteiger partial charge is 0.362 e. The normalized spacial score (nSPS) is 12.1. The molecule has 0 aliphatic heterocycles. The average Bonchev–Trinajstić information content (AvgIpc) is 2.39. The number of ether oxygens (including phenoxy) is 1. The van der Waals surface area contributed by atoms with E-state index in [1.54, 1.807) is 6.92 Å². The first-order valence-corrected chi connectivity index (χ1v) is 5.77. The van der Waals surface area contributed by atoms with Gasteiger partial charge in [-0.2, -0.15) is 5.11 Å². The molecular formula is C13H14N2O5. The SMILES string of the molecule is CCOC(=O)/C(N=Nc1ccc(C(=O)O)cc1)=C(\C)O. The molecule has 0 heterocycles. The van der Waals surface area contributed by atoms with Gasteiger partial charge in [0, 0.05) is 0 Å². The van der Waals surface area contributed by atoms with E-state index >= 15 is 0 Å². The van der Waals surface area contributed by atoms with Gasteiger partial charge in [-0.1, -0.05) is 0 Å². The van der Waals surface area contributed by atoms with Crippen LogP contribution in [0.4, 0.5) is 5.69 Å². The van der Waals surface area contributed by atoms with Crippen LogP contribution in [0.25, 0.3) is 0 Å². The van der Waals surface area contributed by atoms with E-state index in [-0.39, 0.29) is 23.6 Å². The van der Waals surface area contributed by atoms with Crippen LogP contribution in [0.1, 0.15) is 24.2 Å². The summed E-state index contributed by atoms with van der Waals surface area (Å²) >= 11 is 0. The Morgan fingerprint density at radius 1 is 1.20 bits per heavy atom. The van der Waals surface area contributed by atoms with Gasteiger partial charge in [-0.3, -0.25) is 0 Å². The molecule has 20 heavy (non-hydrogen) atoms. The number of benzene rings is 1. The van der Waals surface area contributed by atoms with Crippen molar-refractivity contribution in [1.82, 2.24) is 0 Å². The second-order valence-corrected chi connectivity index (χ2v) is 3.71. The van der Waals surface area contributed by atoms with Crippen LogP contribution in [-0.4, -0.2) is 28.8 Å². The Kier molecular flexibility index (Phi) is 5.40. The van der Waals surface area contributed by atoms with E-state index in [4.69, 9.17) is 9.84 Å². The van der Waals surface area contributed by atoms with Crippen LogP contribution < -0.4 is 0 Å². The lowest BCUT2D eigenvalue weighted by molar-refractivity contribution is -0.138. The minimum absolute atomic E-state index is 0.114. The fourth-order valence-corrected chi connectivity index (χ4v) is 1.24. The lowest BCUT2D eigenvalue weighted by atomic mass is 10.2. The van der Waals surface area contributed by atoms with Crippen LogP contribution in [-0.2, 0) is 9.53 Å². The molecule has 0 amide bonds. The Hall–Kier alpha value is -2.70. The van der Waals surface area contributed by atoms with Crippen LogP contribution >= 0.6 is 0 Å². The second kappa shape index (κ2) is 7.03. The molecule has 2 N–H and O–H groups in total. The number of aliphatic hydroxyl groups is 1. The predicted molar refractivity (Wildman–Crippen MR) is 69.9 cm³/mol. The van der Waals surface area contributed by atoms with Gasteiger partial charge in [0.2, 0.25) is 5.70 Å². The monoisotopic (exact) mass is 278 g/mol. The third-order valence-electron chi connectivity index (χ3n) is 2.19. The number of hydrogen-bond donors (Lipinski definition) is 2. The molecule has 0 saturated carbocycles. The number of rotatable bonds is 5. The molecule has 106 valence electrons. The summed E-state index contributed by atoms with van der Waals surface area (Å²) < 4.78 is 4.72. The predicted octanol–water partition coefficient (Wildman–Crippen LogP) is 2.82. The van der Waals surface area contributed by atoms with Gasteiger partial charge in [-0.25, -0.2) is 9.59 Å². The zero-order valence-electron chi connectivity index (χ0n) is 11.0. The van der Waals surface area contributed by atoms with Crippen LogP contribution in [0, 0.1) is 0 Å². The number of carboxylic acid groups (broad SMARTS) is 1. The highest BCUT2D eigenvalue weighted by molar-refractivity contribution is 5.88. The molecule has 1 rings (SSSR count). The number of azo groups is 1. The highest BCUT2D eigenvalue weighted by atomic mass is 16.5. The van der Waals surface area contributed by atoms with Crippen molar-refractivity contribution in [2.75, 3.05) is 6.61 Å². The number of hydrogen-bond acceptors (Lipinski definition) is 6. The Bertz CT molecular complexity index is 557. The summed E-state index contributed by atoms with van der Waals surface area (Å²) in [6.07, 6.45) is 0. The number of aromatic carboxylic acids is 1. The largest absolute Gasteiger partial charge is 0.510 e. The van der Waals surface area contributed by atoms with Crippen molar-refractivity contribution < 1.29 is 24.5 Å². The molecule has 0 spiro atoms. The van der Waals surface area contributed by atoms with Gasteiger partial charge in [0.05, 0.1) is 17.9 Å². The standard InChI is InChI=1S/C13H14N2O5/c1-3-20-13(19)11(8(2)16)15-14-10-6-4-9(5-7-10)12(17)18/h4-7,16H,3H2,1-2H3,(H,17,18)/b11-8-,15-14?. The molecule has 0 fully saturated rings. The Labute approximate surface area is 115 Å². The fraction of sp³-hybridized carbons (Fsp3) is 0.231. The summed E-state index contributed by atoms with van der Waals surface area (Å²) in [7, 11) is 0. The molecule has 0 aliphatic rings. The molecule has 7 nitrogen and oxygen atoms in total. The number of carbonyl (C=O) groups excluding carboxylic acids is 1. The van der Waals surface area contributed by atoms with Gasteiger partial charge in [0.1, 0.15) is 5.76 Å². The molecule has 0 unspecified atom stereocenters. The number of allylic oxidation sites excluding steroid dienone is 1. The van der Waals surface area contributed by atoms with Gasteiger partial charge in [0.25, 0.3) is 0 Å². The summed E-state index contributed by atoms with van der Waals surface area (Å²) in [6, 6.07) is 5.58. The van der Waals surface area contributed by atoms with Crippen molar-refractivity contribution in [1.29, 1.82) is 0 Å². The van der Waals surface area contributed by atoms with E-state index < -0.39 is 11.9 Å². The van der Waals surface area contributed by atoms with E-state index in [2.05, 4.69) is 10.2 Å². The maximum atomic E-state index is 11.5. The topological polar surface area (TPSA) is 109 Å². The van der Waals surface area contributed by atoms with Crippen molar-refractivity contribution in [3.05, 3.63) is 41.3 Å². The minimum Gasteiger partial charge on any atom is -0.510 e. The van der Waals surface area contributed by atoms with E-state index in [0.29, 0.717) is 5.69 Å². The summed E-state index contributed by atoms with van der Waals surface area (Å²) in [5.41, 5.74) is 0.163. The van der Waals surface area contributed by atoms with E-state index in [9.17, 15) is 14.7 Å². The Morgan fingerprint density at radius 2 is 1.80 bits per heavy atom. The summed E-state index contributed by atoms with van der Waals surface area (Å²) in [4.78, 5) is 22.2. The van der Waals surface area contributed by atoms with Gasteiger partial charge >= 0.3 is 11.9 Å². The van der Waals surface area contributed by atoms with Crippen LogP contribution in [0.3, 0.4) is 0 Å². The van der Waals surface area contributed by atoms with Crippen molar-refractivity contribution in [3.8, 4) is 0 Å². The van der Waals surface area contributed by atoms with Gasteiger partial charge < -0.3 is 14.9 Å². The van der Waals surface area contributed by atoms with Crippen molar-refractivity contribution in [2.24, 2.45) is 10.2 Å². The van der Waals surface area contributed by atoms with Crippen LogP contribution in [0.15, 0.2) is 46.0 Å². The molecule has 7 heteroatoms. The fourth-order valence-electron chi connectivity index (χ4n) is 1.24. The van der Waals surface area contributed by atoms with Crippen molar-refractivity contribution in [3.63, 3.8) is 0 Å². The molecule has 1 aromatic carbocycles. The second-order valence-electron chi connectivity index (χ2n) is 3.71. The van der Waals surface area contributed by atoms with E-state index in [1.165, 1.54) is 31.2 Å². The number of esters is 1. The molecular weight excluding hydrogens is 264 g/mol. The molecule has 0 atom stereocenters. The molecule has 0 aromatic heterocycles. The Morgan fingerprint density at radius 3 is 2.25 bits per heavy atom. The number of carboxylic acids is 1. The summed E-state index contributed by atoms with van der Waals surface area (Å²) in [5.74, 6) is -2.14. The number of nitrogens with zero attached hydrogens (tertiary/aromatic N) is 2. The van der Waals surface area contributed by atoms with Gasteiger partial charge in [-0.15, -0.1) is 5.11 Å². The zero-order chi connectivity index (χ0) is 15.1. The van der Waals surface area contributed by atoms with Gasteiger partial charge in [0.15, 0.2) is 0 Å². The minimum atomic E-state index is -1.05. The first kappa shape index (κ1) is 15.4. The number of carbonyl (C=O) groups is 2. The van der Waals surface area contributed by atoms with Gasteiger partial charge in [-0.05, 0) is 38.1 Å². The van der Waals surface area contributed by atoms with Crippen LogP contribution in [0.2, 0.25) is 0 Å². The first-order valence-electron chi connectivity index (χ1n) is 5.77. The first-order chi connectivity index (χ1) is 9.45. The molecule has 0 saturated heterocycles. The molecule has 0 bridgehead atoms. The maximum Gasteiger partial charge on any atom is 0.362 e. The summed E-state index contributed by atoms with van der Waals surface area (Å²) in [5, 5.41) is 25.5. The third kappa shape index (κ3) is 4.20. The average molecular weight is 278 g/mol. The lowest BCUT2D eigenvalue weighted by Gasteiger charge is -2.02. The maximum absolute atomic E-state index is 11.5. The highest BCUT2D eigenvalue weighted by Gasteiger charge is 2.13. The highest BCUT2D eigenvalue weighted by Crippen LogP contribution is 2.16. The zero-order valence-corrected chi connectivity index (χ0v) is 11.0. The molecule has 1 aromatic rings. The lowest BCUT2D eigenvalue weighted by Crippen LogP contribution is -2.07. The third-order valence-corrected chi connectivity index (χ3v) is 2.19. The quantitative estimate of drug-likeness (QED) is 0.372. The molecule has 0 radical (unpaired) electrons. The van der Waals surface area contributed by atoms with Crippen LogP contribution in [0.5, 0.6) is 0 Å². The van der Waals surface area contributed by atoms with Crippen molar-refractivity contribution >= 4 is 17.6 Å². The summed E-state index contributed by atoms with van der Waals surface area (Å²) in [6.45, 7) is 3.07. The Balaban J connectivity index is 2.92. The van der Waals surface area contributed by atoms with E-state index in [1.807, 2.05) is 0 Å². The number of aliphatic hydroxyl groups excluding tert-OH is 1. The molecule has 0 aliphatic carbocycles. The van der Waals surface area contributed by atoms with E-state index in [0.717, 1.165) is 0 Å².